The number of aromatic nitrogens is 2. The van der Waals surface area contributed by atoms with Crippen LogP contribution in [-0.4, -0.2) is 124 Å². The number of hydrogen-bond donors (Lipinski definition) is 14. The molecule has 1 aromatic heterocycles. The summed E-state index contributed by atoms with van der Waals surface area (Å²) in [6, 6.07) is 6.06. The van der Waals surface area contributed by atoms with E-state index in [1.807, 2.05) is 0 Å². The van der Waals surface area contributed by atoms with Crippen LogP contribution in [-0.2, 0) is 0 Å². The quantitative estimate of drug-likeness (QED) is 0.104. The maximum atomic E-state index is 14.4. The van der Waals surface area contributed by atoms with E-state index in [1.54, 1.807) is 0 Å². The molecule has 2 heterocycles. The molecule has 4 rings (SSSR count). The Labute approximate surface area is 245 Å². The highest BCUT2D eigenvalue weighted by Gasteiger charge is 2.85. The van der Waals surface area contributed by atoms with Crippen LogP contribution in [0.1, 0.15) is 0 Å². The van der Waals surface area contributed by atoms with Crippen molar-refractivity contribution >= 4 is 38.3 Å². The van der Waals surface area contributed by atoms with E-state index in [0.717, 1.165) is 31.6 Å². The van der Waals surface area contributed by atoms with Crippen LogP contribution in [0.5, 0.6) is 11.5 Å². The van der Waals surface area contributed by atoms with Crippen molar-refractivity contribution in [2.24, 2.45) is 5.92 Å². The molecule has 0 bridgehead atoms. The number of methoxy groups -OCH3 is 1. The number of nitrogens with zero attached hydrogens (tertiary/aromatic N) is 3. The first-order valence-corrected chi connectivity index (χ1v) is 12.2. The summed E-state index contributed by atoms with van der Waals surface area (Å²) >= 11 is 3.12. The summed E-state index contributed by atoms with van der Waals surface area (Å²) in [6.45, 7) is 0. The summed E-state index contributed by atoms with van der Waals surface area (Å²) in [7, 11) is 1.03. The van der Waals surface area contributed by atoms with Gasteiger partial charge in [0.25, 0.3) is 23.4 Å². The highest BCUT2D eigenvalue weighted by atomic mass is 79.9. The third-order valence-corrected chi connectivity index (χ3v) is 6.95. The number of piperidine rings is 1. The Morgan fingerprint density at radius 2 is 1.47 bits per heavy atom. The average molecular weight is 683 g/mol. The van der Waals surface area contributed by atoms with E-state index >= 15 is 0 Å². The van der Waals surface area contributed by atoms with Crippen molar-refractivity contribution in [2.45, 2.75) is 35.5 Å². The smallest absolute Gasteiger partial charge is 0.354 e. The molecule has 0 atom stereocenters. The third kappa shape index (κ3) is 5.24. The van der Waals surface area contributed by atoms with Gasteiger partial charge in [0, 0.05) is 15.9 Å². The fraction of sp³-hybridized carbons (Fsp3) is 0.364. The summed E-state index contributed by atoms with van der Waals surface area (Å²) in [6.07, 6.45) is -3.86. The highest BCUT2D eigenvalue weighted by Crippen LogP contribution is 2.53. The molecule has 1 aliphatic heterocycles. The molecule has 236 valence electrons. The fourth-order valence-electron chi connectivity index (χ4n) is 4.50. The van der Waals surface area contributed by atoms with Crippen LogP contribution < -0.4 is 14.8 Å². The van der Waals surface area contributed by atoms with Gasteiger partial charge in [0.2, 0.25) is 0 Å². The van der Waals surface area contributed by atoms with Crippen molar-refractivity contribution in [3.8, 4) is 11.5 Å². The van der Waals surface area contributed by atoms with Crippen LogP contribution in [0.4, 0.5) is 15.9 Å². The minimum atomic E-state index is -4.93. The van der Waals surface area contributed by atoms with Gasteiger partial charge in [0.1, 0.15) is 18.0 Å². The summed E-state index contributed by atoms with van der Waals surface area (Å²) in [4.78, 5) is 6.34. The highest BCUT2D eigenvalue weighted by molar-refractivity contribution is 9.10. The predicted octanol–water partition coefficient (Wildman–Crippen LogP) is -4.54. The Morgan fingerprint density at radius 1 is 0.884 bits per heavy atom. The maximum Gasteiger partial charge on any atom is 0.354 e. The molecule has 0 saturated carbocycles. The van der Waals surface area contributed by atoms with E-state index in [4.69, 9.17) is 9.47 Å². The van der Waals surface area contributed by atoms with Gasteiger partial charge in [0.15, 0.2) is 17.4 Å². The first-order chi connectivity index (χ1) is 19.5. The van der Waals surface area contributed by atoms with Crippen LogP contribution >= 0.6 is 15.9 Å². The second kappa shape index (κ2) is 10.3. The number of ether oxygens (including phenoxy) is 2. The number of nitrogens with one attached hydrogen (secondary N) is 1. The molecule has 0 amide bonds. The molecule has 0 radical (unpaired) electrons. The Morgan fingerprint density at radius 3 is 1.98 bits per heavy atom. The van der Waals surface area contributed by atoms with Gasteiger partial charge in [-0.2, -0.15) is 0 Å². The molecule has 21 heteroatoms. The monoisotopic (exact) mass is 682 g/mol. The number of anilines is 2. The standard InChI is InChI=1S/C22H24BrFN4O15/c1-42-13-5-9-12(25-7-26-15(9)27-11-3-2-8(23)4-10(11)24)6-14(13)43-19(33,34)16-17(29,30)20(35,36)28(22(39,40)41)21(37,38)18(16,31)32/h2-7,16,29-41H,1H3,(H,25,26,27). The van der Waals surface area contributed by atoms with Gasteiger partial charge >= 0.3 is 12.1 Å². The largest absolute Gasteiger partial charge is 0.493 e. The van der Waals surface area contributed by atoms with E-state index in [9.17, 15) is 70.8 Å². The van der Waals surface area contributed by atoms with Crippen molar-refractivity contribution in [1.29, 1.82) is 0 Å². The lowest BCUT2D eigenvalue weighted by Crippen LogP contribution is -2.92. The van der Waals surface area contributed by atoms with E-state index in [2.05, 4.69) is 31.2 Å². The molecule has 3 aromatic rings. The van der Waals surface area contributed by atoms with E-state index in [0.29, 0.717) is 4.47 Å². The van der Waals surface area contributed by atoms with Crippen molar-refractivity contribution in [1.82, 2.24) is 14.9 Å². The van der Waals surface area contributed by atoms with Crippen molar-refractivity contribution in [3.05, 3.63) is 46.9 Å². The molecule has 43 heavy (non-hydrogen) atoms. The van der Waals surface area contributed by atoms with Crippen LogP contribution in [0.3, 0.4) is 0 Å². The maximum absolute atomic E-state index is 14.4. The first-order valence-electron chi connectivity index (χ1n) is 11.4. The summed E-state index contributed by atoms with van der Waals surface area (Å²) in [5.74, 6) is -29.8. The zero-order chi connectivity index (χ0) is 32.6. The van der Waals surface area contributed by atoms with E-state index < -0.39 is 63.6 Å². The van der Waals surface area contributed by atoms with Crippen LogP contribution in [0.15, 0.2) is 41.1 Å². The Hall–Kier alpha value is -2.97. The summed E-state index contributed by atoms with van der Waals surface area (Å²) in [5, 5.41) is 135. The molecule has 1 fully saturated rings. The number of fused-ring (bicyclic) bond motifs is 1. The Kier molecular flexibility index (Phi) is 7.89. The van der Waals surface area contributed by atoms with Crippen molar-refractivity contribution in [2.75, 3.05) is 12.4 Å². The Bertz CT molecular complexity index is 1520. The fourth-order valence-corrected chi connectivity index (χ4v) is 4.83. The van der Waals surface area contributed by atoms with E-state index in [-0.39, 0.29) is 22.4 Å². The lowest BCUT2D eigenvalue weighted by atomic mass is 9.77. The molecule has 1 saturated heterocycles. The SMILES string of the molecule is COc1cc2c(Nc3ccc(Br)cc3F)ncnc2cc1OC(O)(O)C1C(O)(O)C(O)(O)N(C(O)(O)O)C(O)(O)C1(O)O. The van der Waals surface area contributed by atoms with Gasteiger partial charge in [-0.15, -0.1) is 4.90 Å². The van der Waals surface area contributed by atoms with Crippen molar-refractivity contribution < 1.29 is 80.2 Å². The Balaban J connectivity index is 1.80. The average Bonchev–Trinajstić information content (AvgIpc) is 2.82. The number of aliphatic hydroxyl groups is 13. The van der Waals surface area contributed by atoms with Crippen molar-refractivity contribution in [3.63, 3.8) is 0 Å². The molecule has 14 N–H and O–H groups in total. The molecule has 0 spiro atoms. The van der Waals surface area contributed by atoms with Gasteiger partial charge < -0.3 is 81.2 Å². The molecule has 1 aliphatic rings. The van der Waals surface area contributed by atoms with Crippen LogP contribution in [0.2, 0.25) is 0 Å². The number of hydrogen-bond acceptors (Lipinski definition) is 19. The molecule has 19 nitrogen and oxygen atoms in total. The number of rotatable bonds is 7. The van der Waals surface area contributed by atoms with Gasteiger partial charge in [-0.1, -0.05) is 15.9 Å². The molecular formula is C22H24BrFN4O15. The predicted molar refractivity (Wildman–Crippen MR) is 135 cm³/mol. The lowest BCUT2D eigenvalue weighted by molar-refractivity contribution is -0.643. The van der Waals surface area contributed by atoms with Crippen LogP contribution in [0.25, 0.3) is 10.9 Å². The normalized spacial score (nSPS) is 20.2. The molecule has 2 aromatic carbocycles. The zero-order valence-corrected chi connectivity index (χ0v) is 22.9. The minimum absolute atomic E-state index is 0.00615. The van der Waals surface area contributed by atoms with Gasteiger partial charge in [-0.25, -0.2) is 14.4 Å². The summed E-state index contributed by atoms with van der Waals surface area (Å²) < 4.78 is 24.8. The zero-order valence-electron chi connectivity index (χ0n) is 21.3. The number of likely N-dealkylation sites (tertiary alicyclic amines) is 1. The number of halogens is 2. The van der Waals surface area contributed by atoms with E-state index in [1.165, 1.54) is 12.1 Å². The molecule has 0 unspecified atom stereocenters. The second-order valence-electron chi connectivity index (χ2n) is 9.34. The minimum Gasteiger partial charge on any atom is -0.493 e. The molecular weight excluding hydrogens is 659 g/mol. The summed E-state index contributed by atoms with van der Waals surface area (Å²) in [5.41, 5.74) is -0.119. The second-order valence-corrected chi connectivity index (χ2v) is 10.3. The molecule has 0 aliphatic carbocycles. The van der Waals surface area contributed by atoms with Gasteiger partial charge in [-0.3, -0.25) is 0 Å². The topological polar surface area (TPSA) is 322 Å². The van der Waals surface area contributed by atoms with Gasteiger partial charge in [-0.05, 0) is 24.3 Å². The van der Waals surface area contributed by atoms with Gasteiger partial charge in [0.05, 0.1) is 18.3 Å². The lowest BCUT2D eigenvalue weighted by Gasteiger charge is -2.61. The third-order valence-electron chi connectivity index (χ3n) is 6.46. The number of benzene rings is 2. The van der Waals surface area contributed by atoms with Crippen LogP contribution in [0, 0.1) is 11.7 Å². The first kappa shape index (κ1) is 32.9.